The molecule has 2 aromatic rings. The lowest BCUT2D eigenvalue weighted by molar-refractivity contribution is 1.04. The Morgan fingerprint density at radius 3 is 3.00 bits per heavy atom. The number of nitrogens with zero attached hydrogens (tertiary/aromatic N) is 2. The van der Waals surface area contributed by atoms with Crippen molar-refractivity contribution in [2.24, 2.45) is 0 Å². The van der Waals surface area contributed by atoms with Gasteiger partial charge in [0.15, 0.2) is 0 Å². The molecule has 0 radical (unpaired) electrons. The molecule has 5 heteroatoms. The predicted molar refractivity (Wildman–Crippen MR) is 61.5 cm³/mol. The van der Waals surface area contributed by atoms with E-state index >= 15 is 0 Å². The number of aromatic amines is 1. The number of rotatable bonds is 1. The average molecular weight is 234 g/mol. The van der Waals surface area contributed by atoms with Crippen molar-refractivity contribution >= 4 is 22.5 Å². The molecule has 0 amide bonds. The summed E-state index contributed by atoms with van der Waals surface area (Å²) in [5.41, 5.74) is 0.880. The van der Waals surface area contributed by atoms with Gasteiger partial charge in [-0.2, -0.15) is 5.26 Å². The van der Waals surface area contributed by atoms with E-state index in [2.05, 4.69) is 9.97 Å². The van der Waals surface area contributed by atoms with Gasteiger partial charge in [-0.25, -0.2) is 0 Å². The van der Waals surface area contributed by atoms with Crippen LogP contribution in [0, 0.1) is 11.3 Å². The summed E-state index contributed by atoms with van der Waals surface area (Å²) in [6.07, 6.45) is 2.33. The largest absolute Gasteiger partial charge is 0.319 e. The van der Waals surface area contributed by atoms with Crippen LogP contribution in [-0.4, -0.2) is 9.97 Å². The number of hydrogen-bond donors (Lipinski definition) is 1. The van der Waals surface area contributed by atoms with Gasteiger partial charge in [0, 0.05) is 11.1 Å². The van der Waals surface area contributed by atoms with Crippen LogP contribution >= 0.6 is 11.6 Å². The van der Waals surface area contributed by atoms with Crippen LogP contribution in [0.25, 0.3) is 10.9 Å². The number of H-pyrrole nitrogens is 1. The number of pyridine rings is 2. The predicted octanol–water partition coefficient (Wildman–Crippen LogP) is 2.01. The minimum Gasteiger partial charge on any atom is -0.319 e. The first-order chi connectivity index (χ1) is 7.67. The van der Waals surface area contributed by atoms with Gasteiger partial charge in [0.05, 0.1) is 16.7 Å². The molecule has 0 aromatic carbocycles. The number of aryl methyl sites for hydroxylation is 1. The number of nitriles is 1. The first kappa shape index (κ1) is 10.7. The van der Waals surface area contributed by atoms with Gasteiger partial charge in [0.25, 0.3) is 5.56 Å². The van der Waals surface area contributed by atoms with Gasteiger partial charge in [0.2, 0.25) is 0 Å². The number of fused-ring (bicyclic) bond motifs is 1. The molecule has 16 heavy (non-hydrogen) atoms. The SMILES string of the molecule is CCc1cc2c(Cl)c(C#N)c(=O)[nH]c2cn1. The molecule has 0 aliphatic carbocycles. The van der Waals surface area contributed by atoms with Crippen molar-refractivity contribution in [2.45, 2.75) is 13.3 Å². The third-order valence-electron chi connectivity index (χ3n) is 2.37. The van der Waals surface area contributed by atoms with Crippen LogP contribution in [0.4, 0.5) is 0 Å². The zero-order valence-electron chi connectivity index (χ0n) is 8.54. The summed E-state index contributed by atoms with van der Waals surface area (Å²) >= 11 is 6.01. The van der Waals surface area contributed by atoms with E-state index in [9.17, 15) is 4.79 Å². The highest BCUT2D eigenvalue weighted by molar-refractivity contribution is 6.36. The second-order valence-electron chi connectivity index (χ2n) is 3.33. The van der Waals surface area contributed by atoms with E-state index in [4.69, 9.17) is 16.9 Å². The topological polar surface area (TPSA) is 69.5 Å². The van der Waals surface area contributed by atoms with Crippen LogP contribution in [-0.2, 0) is 6.42 Å². The minimum atomic E-state index is -0.481. The fourth-order valence-corrected chi connectivity index (χ4v) is 1.78. The van der Waals surface area contributed by atoms with E-state index in [1.807, 2.05) is 6.92 Å². The number of hydrogen-bond acceptors (Lipinski definition) is 3. The Labute approximate surface area is 96.5 Å². The Hall–Kier alpha value is -1.86. The Morgan fingerprint density at radius 2 is 2.38 bits per heavy atom. The van der Waals surface area contributed by atoms with Crippen LogP contribution in [0.1, 0.15) is 18.2 Å². The molecule has 0 aliphatic heterocycles. The standard InChI is InChI=1S/C11H8ClN3O/c1-2-6-3-7-9(5-14-6)15-11(16)8(4-13)10(7)12/h3,5H,2H2,1H3,(H,15,16). The molecule has 0 bridgehead atoms. The number of aromatic nitrogens is 2. The lowest BCUT2D eigenvalue weighted by atomic mass is 10.1. The van der Waals surface area contributed by atoms with Crippen LogP contribution < -0.4 is 5.56 Å². The Balaban J connectivity index is 2.90. The van der Waals surface area contributed by atoms with Gasteiger partial charge < -0.3 is 4.98 Å². The first-order valence-electron chi connectivity index (χ1n) is 4.78. The molecule has 2 rings (SSSR count). The Bertz CT molecular complexity index is 655. The molecule has 0 saturated carbocycles. The third-order valence-corrected chi connectivity index (χ3v) is 2.76. The molecule has 0 spiro atoms. The normalized spacial score (nSPS) is 10.3. The van der Waals surface area contributed by atoms with Crippen molar-refractivity contribution in [1.82, 2.24) is 9.97 Å². The average Bonchev–Trinajstić information content (AvgIpc) is 2.29. The summed E-state index contributed by atoms with van der Waals surface area (Å²) in [5.74, 6) is 0. The van der Waals surface area contributed by atoms with Crippen molar-refractivity contribution in [3.8, 4) is 6.07 Å². The quantitative estimate of drug-likeness (QED) is 0.819. The molecular weight excluding hydrogens is 226 g/mol. The summed E-state index contributed by atoms with van der Waals surface area (Å²) in [6, 6.07) is 3.58. The monoisotopic (exact) mass is 233 g/mol. The summed E-state index contributed by atoms with van der Waals surface area (Å²) in [7, 11) is 0. The number of nitrogens with one attached hydrogen (secondary N) is 1. The van der Waals surface area contributed by atoms with Gasteiger partial charge in [-0.15, -0.1) is 0 Å². The maximum absolute atomic E-state index is 11.4. The highest BCUT2D eigenvalue weighted by Crippen LogP contribution is 2.23. The molecule has 0 atom stereocenters. The van der Waals surface area contributed by atoms with E-state index in [1.54, 1.807) is 18.3 Å². The fourth-order valence-electron chi connectivity index (χ4n) is 1.49. The second kappa shape index (κ2) is 3.95. The molecule has 4 nitrogen and oxygen atoms in total. The molecule has 2 aromatic heterocycles. The van der Waals surface area contributed by atoms with Crippen LogP contribution in [0.3, 0.4) is 0 Å². The van der Waals surface area contributed by atoms with Crippen molar-refractivity contribution in [2.75, 3.05) is 0 Å². The molecule has 0 aliphatic rings. The maximum atomic E-state index is 11.4. The second-order valence-corrected chi connectivity index (χ2v) is 3.71. The van der Waals surface area contributed by atoms with Crippen molar-refractivity contribution in [1.29, 1.82) is 5.26 Å². The van der Waals surface area contributed by atoms with Crippen LogP contribution in [0.5, 0.6) is 0 Å². The molecule has 0 fully saturated rings. The molecule has 1 N–H and O–H groups in total. The van der Waals surface area contributed by atoms with E-state index in [1.165, 1.54) is 0 Å². The van der Waals surface area contributed by atoms with Gasteiger partial charge in [-0.3, -0.25) is 9.78 Å². The van der Waals surface area contributed by atoms with Gasteiger partial charge in [-0.05, 0) is 12.5 Å². The molecule has 80 valence electrons. The van der Waals surface area contributed by atoms with Crippen LogP contribution in [0.15, 0.2) is 17.1 Å². The Morgan fingerprint density at radius 1 is 1.62 bits per heavy atom. The summed E-state index contributed by atoms with van der Waals surface area (Å²) in [4.78, 5) is 18.2. The highest BCUT2D eigenvalue weighted by atomic mass is 35.5. The minimum absolute atomic E-state index is 0.0533. The zero-order valence-corrected chi connectivity index (χ0v) is 9.30. The van der Waals surface area contributed by atoms with Crippen LogP contribution in [0.2, 0.25) is 5.02 Å². The maximum Gasteiger partial charge on any atom is 0.267 e. The molecule has 0 saturated heterocycles. The molecule has 0 unspecified atom stereocenters. The lowest BCUT2D eigenvalue weighted by Gasteiger charge is -2.03. The third kappa shape index (κ3) is 1.55. The fraction of sp³-hybridized carbons (Fsp3) is 0.182. The molecule has 2 heterocycles. The van der Waals surface area contributed by atoms with E-state index in [0.717, 1.165) is 12.1 Å². The van der Waals surface area contributed by atoms with Gasteiger partial charge in [0.1, 0.15) is 11.6 Å². The highest BCUT2D eigenvalue weighted by Gasteiger charge is 2.10. The van der Waals surface area contributed by atoms with E-state index in [0.29, 0.717) is 10.9 Å². The van der Waals surface area contributed by atoms with Crippen molar-refractivity contribution < 1.29 is 0 Å². The lowest BCUT2D eigenvalue weighted by Crippen LogP contribution is -2.11. The van der Waals surface area contributed by atoms with Gasteiger partial charge in [-0.1, -0.05) is 18.5 Å². The summed E-state index contributed by atoms with van der Waals surface area (Å²) in [6.45, 7) is 1.97. The molecular formula is C11H8ClN3O. The van der Waals surface area contributed by atoms with E-state index in [-0.39, 0.29) is 10.6 Å². The van der Waals surface area contributed by atoms with Crippen molar-refractivity contribution in [3.05, 3.63) is 38.9 Å². The zero-order chi connectivity index (χ0) is 11.7. The summed E-state index contributed by atoms with van der Waals surface area (Å²) in [5, 5.41) is 9.67. The first-order valence-corrected chi connectivity index (χ1v) is 5.15. The smallest absolute Gasteiger partial charge is 0.267 e. The van der Waals surface area contributed by atoms with Crippen molar-refractivity contribution in [3.63, 3.8) is 0 Å². The van der Waals surface area contributed by atoms with E-state index < -0.39 is 5.56 Å². The number of halogens is 1. The summed E-state index contributed by atoms with van der Waals surface area (Å²) < 4.78 is 0. The van der Waals surface area contributed by atoms with Gasteiger partial charge >= 0.3 is 0 Å². The Kier molecular flexibility index (Phi) is 2.63.